The number of rotatable bonds is 1. The highest BCUT2D eigenvalue weighted by Crippen LogP contribution is 2.30. The van der Waals surface area contributed by atoms with Crippen LogP contribution in [0.15, 0.2) is 34.3 Å². The number of piperidine rings is 1. The number of halogens is 1. The molecule has 0 bridgehead atoms. The van der Waals surface area contributed by atoms with Gasteiger partial charge in [0.25, 0.3) is 0 Å². The number of nitrogens with zero attached hydrogens (tertiary/aromatic N) is 1. The fourth-order valence-electron chi connectivity index (χ4n) is 1.80. The van der Waals surface area contributed by atoms with E-state index in [0.717, 1.165) is 10.0 Å². The van der Waals surface area contributed by atoms with Gasteiger partial charge in [-0.25, -0.2) is 0 Å². The summed E-state index contributed by atoms with van der Waals surface area (Å²) in [5.41, 5.74) is 1.39. The van der Waals surface area contributed by atoms with Crippen molar-refractivity contribution >= 4 is 44.9 Å². The summed E-state index contributed by atoms with van der Waals surface area (Å²) in [6.07, 6.45) is 0.269. The molecule has 1 N–H and O–H groups in total. The topological polar surface area (TPSA) is 51.4 Å². The van der Waals surface area contributed by atoms with Gasteiger partial charge in [-0.3, -0.25) is 10.7 Å². The Hall–Kier alpha value is -1.29. The molecule has 1 atom stereocenters. The summed E-state index contributed by atoms with van der Waals surface area (Å²) in [6, 6.07) is 7.57. The molecule has 1 amide bonds. The van der Waals surface area contributed by atoms with Crippen molar-refractivity contribution in [2.24, 2.45) is 0 Å². The van der Waals surface area contributed by atoms with Crippen LogP contribution in [0.2, 0.25) is 0 Å². The van der Waals surface area contributed by atoms with E-state index >= 15 is 0 Å². The number of benzene rings is 1. The zero-order chi connectivity index (χ0) is 12.4. The Bertz CT molecular complexity index is 532. The van der Waals surface area contributed by atoms with Crippen molar-refractivity contribution in [2.45, 2.75) is 12.3 Å². The third-order valence-corrected chi connectivity index (χ3v) is 3.48. The average molecular weight is 308 g/mol. The van der Waals surface area contributed by atoms with Crippen LogP contribution in [-0.4, -0.2) is 16.8 Å². The Kier molecular flexibility index (Phi) is 3.52. The summed E-state index contributed by atoms with van der Waals surface area (Å²) in [5.74, 6) is 1.72. The van der Waals surface area contributed by atoms with E-state index in [-0.39, 0.29) is 23.2 Å². The number of hydrogen-bond acceptors (Lipinski definition) is 2. The molecule has 1 aliphatic heterocycles. The molecular formula is C12H8BrN2OS-. The Morgan fingerprint density at radius 2 is 2.06 bits per heavy atom. The van der Waals surface area contributed by atoms with Crippen molar-refractivity contribution in [3.8, 4) is 0 Å². The van der Waals surface area contributed by atoms with Crippen LogP contribution >= 0.6 is 28.1 Å². The van der Waals surface area contributed by atoms with Crippen molar-refractivity contribution < 1.29 is 4.79 Å². The number of nitrogens with one attached hydrogen (secondary N) is 1. The second-order valence-corrected chi connectivity index (χ2v) is 5.03. The monoisotopic (exact) mass is 307 g/mol. The zero-order valence-corrected chi connectivity index (χ0v) is 11.1. The smallest absolute Gasteiger partial charge is 0.225 e. The molecule has 5 heteroatoms. The van der Waals surface area contributed by atoms with Crippen LogP contribution in [0.4, 0.5) is 0 Å². The Morgan fingerprint density at radius 3 is 2.65 bits per heavy atom. The van der Waals surface area contributed by atoms with Crippen LogP contribution in [-0.2, 0) is 4.79 Å². The highest BCUT2D eigenvalue weighted by atomic mass is 79.9. The van der Waals surface area contributed by atoms with Crippen molar-refractivity contribution in [1.29, 1.82) is 0 Å². The molecular weight excluding hydrogens is 300 g/mol. The molecule has 0 saturated carbocycles. The molecule has 2 rings (SSSR count). The first-order valence-electron chi connectivity index (χ1n) is 4.98. The van der Waals surface area contributed by atoms with Crippen molar-refractivity contribution in [3.05, 3.63) is 45.3 Å². The van der Waals surface area contributed by atoms with E-state index in [1.54, 1.807) is 0 Å². The molecule has 1 aromatic carbocycles. The van der Waals surface area contributed by atoms with Gasteiger partial charge in [0.2, 0.25) is 5.91 Å². The molecule has 1 heterocycles. The van der Waals surface area contributed by atoms with Crippen LogP contribution < -0.4 is 5.32 Å². The third-order valence-electron chi connectivity index (χ3n) is 2.63. The zero-order valence-electron chi connectivity index (χ0n) is 8.74. The van der Waals surface area contributed by atoms with Gasteiger partial charge in [0.05, 0.1) is 0 Å². The highest BCUT2D eigenvalue weighted by molar-refractivity contribution is 9.10. The van der Waals surface area contributed by atoms with Gasteiger partial charge in [-0.15, -0.1) is 0 Å². The number of carbonyl (C=O) groups is 1. The van der Waals surface area contributed by atoms with E-state index in [9.17, 15) is 4.79 Å². The largest absolute Gasteiger partial charge is 0.763 e. The first-order valence-corrected chi connectivity index (χ1v) is 6.18. The van der Waals surface area contributed by atoms with Gasteiger partial charge in [0, 0.05) is 22.4 Å². The minimum absolute atomic E-state index is 0.137. The Balaban J connectivity index is 2.41. The molecule has 0 aliphatic carbocycles. The maximum absolute atomic E-state index is 11.5. The molecule has 0 unspecified atom stereocenters. The first kappa shape index (κ1) is 12.2. The molecule has 0 spiro atoms. The van der Waals surface area contributed by atoms with E-state index < -0.39 is 0 Å². The molecule has 0 aromatic heterocycles. The summed E-state index contributed by atoms with van der Waals surface area (Å²) in [4.78, 5) is 11.7. The van der Waals surface area contributed by atoms with Crippen LogP contribution in [0.5, 0.6) is 0 Å². The maximum atomic E-state index is 11.5. The normalized spacial score (nSPS) is 19.8. The van der Waals surface area contributed by atoms with Crippen LogP contribution in [0.3, 0.4) is 0 Å². The van der Waals surface area contributed by atoms with Gasteiger partial charge in [-0.05, 0) is 17.7 Å². The second-order valence-electron chi connectivity index (χ2n) is 3.71. The minimum Gasteiger partial charge on any atom is -0.763 e. The van der Waals surface area contributed by atoms with E-state index in [1.807, 2.05) is 24.3 Å². The molecule has 1 aromatic rings. The number of amides is 1. The van der Waals surface area contributed by atoms with Gasteiger partial charge < -0.3 is 10.7 Å². The number of carbonyl (C=O) groups excluding carboxylic acids is 1. The summed E-state index contributed by atoms with van der Waals surface area (Å²) in [7, 11) is 0. The van der Waals surface area contributed by atoms with E-state index in [4.69, 9.17) is 17.6 Å². The lowest BCUT2D eigenvalue weighted by atomic mass is 9.86. The van der Waals surface area contributed by atoms with Gasteiger partial charge in [0.15, 0.2) is 0 Å². The van der Waals surface area contributed by atoms with E-state index in [0.29, 0.717) is 5.57 Å². The lowest BCUT2D eigenvalue weighted by Gasteiger charge is -2.26. The van der Waals surface area contributed by atoms with E-state index in [2.05, 4.69) is 27.1 Å². The van der Waals surface area contributed by atoms with Gasteiger partial charge in [-0.2, -0.15) is 0 Å². The minimum atomic E-state index is -0.227. The maximum Gasteiger partial charge on any atom is 0.225 e. The van der Waals surface area contributed by atoms with Gasteiger partial charge in [-0.1, -0.05) is 40.3 Å². The molecule has 1 saturated heterocycles. The number of hydrogen-bond donors (Lipinski definition) is 1. The molecule has 0 radical (unpaired) electrons. The van der Waals surface area contributed by atoms with Crippen LogP contribution in [0.1, 0.15) is 17.9 Å². The van der Waals surface area contributed by atoms with Crippen molar-refractivity contribution in [3.63, 3.8) is 0 Å². The van der Waals surface area contributed by atoms with Crippen LogP contribution in [0.25, 0.3) is 5.41 Å². The van der Waals surface area contributed by atoms with E-state index in [1.165, 1.54) is 0 Å². The third kappa shape index (κ3) is 2.52. The average Bonchev–Trinajstić information content (AvgIpc) is 2.29. The summed E-state index contributed by atoms with van der Waals surface area (Å²) in [6.45, 7) is 0. The fraction of sp³-hybridized carbons (Fsp3) is 0.167. The van der Waals surface area contributed by atoms with Crippen molar-refractivity contribution in [1.82, 2.24) is 5.32 Å². The predicted molar refractivity (Wildman–Crippen MR) is 74.1 cm³/mol. The van der Waals surface area contributed by atoms with Gasteiger partial charge >= 0.3 is 0 Å². The lowest BCUT2D eigenvalue weighted by molar-refractivity contribution is -0.120. The Labute approximate surface area is 113 Å². The van der Waals surface area contributed by atoms with Crippen molar-refractivity contribution in [2.75, 3.05) is 0 Å². The second kappa shape index (κ2) is 4.92. The summed E-state index contributed by atoms with van der Waals surface area (Å²) < 4.78 is 0.961. The number of thiocarbonyl (C=S) groups is 1. The fourth-order valence-corrected chi connectivity index (χ4v) is 2.37. The summed E-state index contributed by atoms with van der Waals surface area (Å²) >= 11 is 8.35. The molecule has 86 valence electrons. The SMILES string of the molecule is [N-]=C=C1C(=S)NC(=O)C[C@H]1c1ccc(Br)cc1. The van der Waals surface area contributed by atoms with Gasteiger partial charge in [0.1, 0.15) is 4.99 Å². The first-order chi connectivity index (χ1) is 8.11. The highest BCUT2D eigenvalue weighted by Gasteiger charge is 2.27. The predicted octanol–water partition coefficient (Wildman–Crippen LogP) is 2.55. The standard InChI is InChI=1S/C12H8BrN2OS/c13-8-3-1-7(2-4-8)9-5-11(16)15-12(17)10(9)6-14/h1-4,9H,5H2,(H,15,16,17)/q-1/t9-/m0/s1. The van der Waals surface area contributed by atoms with Crippen LogP contribution in [0, 0.1) is 0 Å². The quantitative estimate of drug-likeness (QED) is 0.492. The molecule has 1 aliphatic rings. The molecule has 3 nitrogen and oxygen atoms in total. The molecule has 17 heavy (non-hydrogen) atoms. The summed E-state index contributed by atoms with van der Waals surface area (Å²) in [5, 5.41) is 11.6. The Morgan fingerprint density at radius 1 is 1.41 bits per heavy atom. The molecule has 1 fully saturated rings. The lowest BCUT2D eigenvalue weighted by Crippen LogP contribution is -2.38.